The zero-order chi connectivity index (χ0) is 18.8. The molecule has 0 aromatic rings. The molecule has 0 rings (SSSR count). The number of nitrogens with zero attached hydrogens (tertiary/aromatic N) is 2. The second-order valence-electron chi connectivity index (χ2n) is 7.39. The lowest BCUT2D eigenvalue weighted by Crippen LogP contribution is -3.00. The quantitative estimate of drug-likeness (QED) is 0.185. The van der Waals surface area contributed by atoms with Crippen LogP contribution in [0.4, 0.5) is 0 Å². The molecule has 0 saturated heterocycles. The molecule has 0 aliphatic heterocycles. The Balaban J connectivity index is -0.00000264. The zero-order valence-electron chi connectivity index (χ0n) is 16.6. The predicted octanol–water partition coefficient (Wildman–Crippen LogP) is -3.56. The van der Waals surface area contributed by atoms with E-state index in [0.717, 1.165) is 0 Å². The van der Waals surface area contributed by atoms with Crippen LogP contribution in [-0.4, -0.2) is 112 Å². The van der Waals surface area contributed by atoms with Crippen LogP contribution in [0.5, 0.6) is 0 Å². The standard InChI is InChI=1S/C17H39N2O5.2ClH/c1-14(21)10-18(6-5-9-20)7-8-19(11-15(2)22,12-16(3)23)13-17(4)24;;/h14-17,20-24H,5-13H2,1-4H3;2*1H/q+1;;/p-1. The number of rotatable bonds is 14. The predicted molar refractivity (Wildman–Crippen MR) is 102 cm³/mol. The number of quaternary nitrogens is 1. The average Bonchev–Trinajstić information content (AvgIpc) is 2.38. The summed E-state index contributed by atoms with van der Waals surface area (Å²) in [6.45, 7) is 10.9. The van der Waals surface area contributed by atoms with Crippen molar-refractivity contribution >= 4 is 12.4 Å². The first-order valence-electron chi connectivity index (χ1n) is 9.01. The molecule has 0 aliphatic carbocycles. The first-order valence-corrected chi connectivity index (χ1v) is 9.01. The SMILES string of the molecule is CC(O)CN(CCCO)CC[N+](CC(C)O)(CC(C)O)CC(C)O.Cl.[Cl-]. The van der Waals surface area contributed by atoms with E-state index in [1.807, 2.05) is 0 Å². The average molecular weight is 423 g/mol. The van der Waals surface area contributed by atoms with Crippen LogP contribution in [0.15, 0.2) is 0 Å². The lowest BCUT2D eigenvalue weighted by molar-refractivity contribution is -0.935. The molecular formula is C17H40Cl2N2O5. The Morgan fingerprint density at radius 2 is 1.19 bits per heavy atom. The van der Waals surface area contributed by atoms with Crippen molar-refractivity contribution < 1.29 is 42.4 Å². The third-order valence-electron chi connectivity index (χ3n) is 4.00. The van der Waals surface area contributed by atoms with Crippen LogP contribution in [0.1, 0.15) is 34.1 Å². The van der Waals surface area contributed by atoms with Crippen molar-refractivity contribution in [1.82, 2.24) is 4.90 Å². The van der Waals surface area contributed by atoms with Crippen LogP contribution in [0, 0.1) is 0 Å². The van der Waals surface area contributed by atoms with Gasteiger partial charge in [-0.3, -0.25) is 4.90 Å². The highest BCUT2D eigenvalue weighted by atomic mass is 35.5. The Morgan fingerprint density at radius 1 is 0.769 bits per heavy atom. The molecule has 0 spiro atoms. The molecular weight excluding hydrogens is 383 g/mol. The van der Waals surface area contributed by atoms with Crippen LogP contribution < -0.4 is 12.4 Å². The van der Waals surface area contributed by atoms with E-state index < -0.39 is 24.4 Å². The second-order valence-corrected chi connectivity index (χ2v) is 7.39. The van der Waals surface area contributed by atoms with Gasteiger partial charge in [-0.1, -0.05) is 0 Å². The van der Waals surface area contributed by atoms with E-state index in [-0.39, 0.29) is 31.4 Å². The van der Waals surface area contributed by atoms with E-state index >= 15 is 0 Å². The molecule has 0 aliphatic rings. The number of hydrogen-bond donors (Lipinski definition) is 5. The van der Waals surface area contributed by atoms with Gasteiger partial charge in [0.2, 0.25) is 0 Å². The maximum atomic E-state index is 9.90. The van der Waals surface area contributed by atoms with Crippen molar-refractivity contribution in [3.8, 4) is 0 Å². The van der Waals surface area contributed by atoms with E-state index in [1.54, 1.807) is 27.7 Å². The van der Waals surface area contributed by atoms with Crippen molar-refractivity contribution in [3.63, 3.8) is 0 Å². The maximum absolute atomic E-state index is 9.90. The first kappa shape index (κ1) is 31.0. The lowest BCUT2D eigenvalue weighted by Gasteiger charge is -2.42. The van der Waals surface area contributed by atoms with Crippen LogP contribution in [-0.2, 0) is 0 Å². The van der Waals surface area contributed by atoms with Crippen LogP contribution in [0.25, 0.3) is 0 Å². The third kappa shape index (κ3) is 15.4. The fourth-order valence-corrected chi connectivity index (χ4v) is 3.49. The molecule has 9 heteroatoms. The van der Waals surface area contributed by atoms with Crippen LogP contribution in [0.3, 0.4) is 0 Å². The van der Waals surface area contributed by atoms with E-state index in [2.05, 4.69) is 4.90 Å². The molecule has 0 amide bonds. The summed E-state index contributed by atoms with van der Waals surface area (Å²) < 4.78 is 0.419. The minimum absolute atomic E-state index is 0. The highest BCUT2D eigenvalue weighted by molar-refractivity contribution is 5.85. The Labute approximate surface area is 171 Å². The molecule has 0 heterocycles. The van der Waals surface area contributed by atoms with Gasteiger partial charge in [-0.15, -0.1) is 12.4 Å². The van der Waals surface area contributed by atoms with E-state index in [1.165, 1.54) is 0 Å². The Kier molecular flexibility index (Phi) is 19.4. The van der Waals surface area contributed by atoms with Gasteiger partial charge in [-0.05, 0) is 34.1 Å². The molecule has 0 saturated carbocycles. The van der Waals surface area contributed by atoms with Crippen molar-refractivity contribution in [2.75, 3.05) is 52.4 Å². The van der Waals surface area contributed by atoms with Crippen molar-refractivity contribution in [1.29, 1.82) is 0 Å². The molecule has 0 bridgehead atoms. The maximum Gasteiger partial charge on any atom is 0.105 e. The molecule has 0 aromatic carbocycles. The minimum atomic E-state index is -0.537. The summed E-state index contributed by atoms with van der Waals surface area (Å²) in [7, 11) is 0. The smallest absolute Gasteiger partial charge is 0.105 e. The normalized spacial score (nSPS) is 18.2. The van der Waals surface area contributed by atoms with E-state index in [0.29, 0.717) is 56.7 Å². The molecule has 7 nitrogen and oxygen atoms in total. The lowest BCUT2D eigenvalue weighted by atomic mass is 10.1. The van der Waals surface area contributed by atoms with Gasteiger partial charge in [0.25, 0.3) is 0 Å². The first-order chi connectivity index (χ1) is 11.1. The molecule has 4 unspecified atom stereocenters. The summed E-state index contributed by atoms with van der Waals surface area (Å²) in [4.78, 5) is 2.08. The monoisotopic (exact) mass is 422 g/mol. The molecule has 26 heavy (non-hydrogen) atoms. The molecule has 162 valence electrons. The van der Waals surface area contributed by atoms with Crippen molar-refractivity contribution in [2.24, 2.45) is 0 Å². The van der Waals surface area contributed by atoms with Gasteiger partial charge in [0, 0.05) is 26.2 Å². The number of aliphatic hydroxyl groups excluding tert-OH is 5. The minimum Gasteiger partial charge on any atom is -1.00 e. The van der Waals surface area contributed by atoms with Gasteiger partial charge in [0.15, 0.2) is 0 Å². The van der Waals surface area contributed by atoms with Gasteiger partial charge in [-0.2, -0.15) is 0 Å². The van der Waals surface area contributed by atoms with Gasteiger partial charge < -0.3 is 42.4 Å². The molecule has 0 aromatic heterocycles. The summed E-state index contributed by atoms with van der Waals surface area (Å²) in [5.74, 6) is 0. The molecule has 0 radical (unpaired) electrons. The van der Waals surface area contributed by atoms with Crippen molar-refractivity contribution in [3.05, 3.63) is 0 Å². The highest BCUT2D eigenvalue weighted by Crippen LogP contribution is 2.13. The van der Waals surface area contributed by atoms with E-state index in [4.69, 9.17) is 5.11 Å². The molecule has 5 N–H and O–H groups in total. The molecule has 0 fully saturated rings. The van der Waals surface area contributed by atoms with E-state index in [9.17, 15) is 20.4 Å². The summed E-state index contributed by atoms with van der Waals surface area (Å²) >= 11 is 0. The van der Waals surface area contributed by atoms with Gasteiger partial charge in [-0.25, -0.2) is 0 Å². The zero-order valence-corrected chi connectivity index (χ0v) is 18.2. The Hall–Kier alpha value is 0.300. The van der Waals surface area contributed by atoms with Gasteiger partial charge in [0.05, 0.1) is 12.6 Å². The topological polar surface area (TPSA) is 104 Å². The van der Waals surface area contributed by atoms with Crippen LogP contribution >= 0.6 is 12.4 Å². The number of hydrogen-bond acceptors (Lipinski definition) is 6. The summed E-state index contributed by atoms with van der Waals surface area (Å²) in [6.07, 6.45) is -1.44. The summed E-state index contributed by atoms with van der Waals surface area (Å²) in [5.41, 5.74) is 0. The largest absolute Gasteiger partial charge is 1.00 e. The third-order valence-corrected chi connectivity index (χ3v) is 4.00. The van der Waals surface area contributed by atoms with Gasteiger partial charge >= 0.3 is 0 Å². The second kappa shape index (κ2) is 16.3. The van der Waals surface area contributed by atoms with Gasteiger partial charge in [0.1, 0.15) is 37.9 Å². The number of aliphatic hydroxyl groups is 5. The molecule has 4 atom stereocenters. The van der Waals surface area contributed by atoms with Crippen molar-refractivity contribution in [2.45, 2.75) is 58.5 Å². The Bertz CT molecular complexity index is 295. The number of halogens is 2. The fraction of sp³-hybridized carbons (Fsp3) is 1.00. The summed E-state index contributed by atoms with van der Waals surface area (Å²) in [6, 6.07) is 0. The fourth-order valence-electron chi connectivity index (χ4n) is 3.49. The summed E-state index contributed by atoms with van der Waals surface area (Å²) in [5, 5.41) is 48.4. The highest BCUT2D eigenvalue weighted by Gasteiger charge is 2.32. The Morgan fingerprint density at radius 3 is 1.50 bits per heavy atom. The van der Waals surface area contributed by atoms with Crippen LogP contribution in [0.2, 0.25) is 0 Å².